The highest BCUT2D eigenvalue weighted by Crippen LogP contribution is 2.23. The Morgan fingerprint density at radius 2 is 2.32 bits per heavy atom. The van der Waals surface area contributed by atoms with Gasteiger partial charge in [-0.3, -0.25) is 4.79 Å². The van der Waals surface area contributed by atoms with E-state index < -0.39 is 0 Å². The van der Waals surface area contributed by atoms with E-state index in [1.165, 1.54) is 15.7 Å². The zero-order valence-corrected chi connectivity index (χ0v) is 10.7. The van der Waals surface area contributed by atoms with Crippen LogP contribution in [0.1, 0.15) is 0 Å². The largest absolute Gasteiger partial charge is 0.367 e. The first kappa shape index (κ1) is 11.7. The van der Waals surface area contributed by atoms with Crippen molar-refractivity contribution in [1.29, 1.82) is 0 Å². The van der Waals surface area contributed by atoms with E-state index in [9.17, 15) is 4.79 Å². The van der Waals surface area contributed by atoms with E-state index in [1.54, 1.807) is 11.3 Å². The minimum atomic E-state index is -0.167. The lowest BCUT2D eigenvalue weighted by atomic mass is 10.2. The molecule has 96 valence electrons. The number of nitrogens with zero attached hydrogens (tertiary/aromatic N) is 3. The van der Waals surface area contributed by atoms with Crippen LogP contribution in [0.5, 0.6) is 0 Å². The molecule has 3 aromatic rings. The number of carbonyl (C=O) groups is 1. The third-order valence-electron chi connectivity index (χ3n) is 2.60. The molecule has 2 aromatic heterocycles. The van der Waals surface area contributed by atoms with Crippen LogP contribution in [0.3, 0.4) is 0 Å². The van der Waals surface area contributed by atoms with E-state index in [0.29, 0.717) is 0 Å². The predicted octanol–water partition coefficient (Wildman–Crippen LogP) is 1.71. The molecule has 6 nitrogen and oxygen atoms in total. The van der Waals surface area contributed by atoms with Gasteiger partial charge in [0.15, 0.2) is 0 Å². The summed E-state index contributed by atoms with van der Waals surface area (Å²) < 4.78 is 2.59. The molecule has 0 aliphatic carbocycles. The molecule has 0 radical (unpaired) electrons. The van der Waals surface area contributed by atoms with Gasteiger partial charge in [0.05, 0.1) is 0 Å². The number of carbonyl (C=O) groups excluding carboxylic acids is 1. The molecular weight excluding hydrogens is 262 g/mol. The highest BCUT2D eigenvalue weighted by atomic mass is 32.1. The van der Waals surface area contributed by atoms with E-state index in [1.807, 2.05) is 29.6 Å². The van der Waals surface area contributed by atoms with Crippen LogP contribution >= 0.6 is 11.3 Å². The Morgan fingerprint density at radius 1 is 1.42 bits per heavy atom. The molecule has 0 saturated heterocycles. The lowest BCUT2D eigenvalue weighted by molar-refractivity contribution is -0.116. The van der Waals surface area contributed by atoms with E-state index in [4.69, 9.17) is 5.73 Å². The monoisotopic (exact) mass is 273 g/mol. The smallest absolute Gasteiger partial charge is 0.246 e. The molecule has 3 N–H and O–H groups in total. The van der Waals surface area contributed by atoms with Crippen molar-refractivity contribution < 1.29 is 4.79 Å². The summed E-state index contributed by atoms with van der Waals surface area (Å²) in [5.41, 5.74) is 6.15. The second-order valence-electron chi connectivity index (χ2n) is 4.02. The van der Waals surface area contributed by atoms with E-state index in [0.717, 1.165) is 11.1 Å². The fraction of sp³-hybridized carbons (Fsp3) is 0.0833. The number of hydrogen-bond acceptors (Lipinski definition) is 5. The summed E-state index contributed by atoms with van der Waals surface area (Å²) in [6.07, 6.45) is 1.43. The van der Waals surface area contributed by atoms with Gasteiger partial charge in [-0.2, -0.15) is 0 Å². The number of rotatable bonds is 3. The van der Waals surface area contributed by atoms with Crippen molar-refractivity contribution in [3.63, 3.8) is 0 Å². The number of nitrogens with two attached hydrogens (primary N) is 1. The van der Waals surface area contributed by atoms with Gasteiger partial charge in [-0.1, -0.05) is 0 Å². The predicted molar refractivity (Wildman–Crippen MR) is 74.9 cm³/mol. The average Bonchev–Trinajstić information content (AvgIpc) is 2.97. The Kier molecular flexibility index (Phi) is 2.88. The molecule has 3 rings (SSSR count). The zero-order valence-electron chi connectivity index (χ0n) is 9.91. The van der Waals surface area contributed by atoms with Crippen LogP contribution in [0.15, 0.2) is 36.0 Å². The molecule has 0 saturated carbocycles. The average molecular weight is 273 g/mol. The first-order valence-electron chi connectivity index (χ1n) is 5.63. The van der Waals surface area contributed by atoms with Crippen molar-refractivity contribution in [2.75, 3.05) is 11.1 Å². The summed E-state index contributed by atoms with van der Waals surface area (Å²) in [4.78, 5) is 15.6. The maximum atomic E-state index is 11.8. The molecule has 2 heterocycles. The number of amides is 1. The van der Waals surface area contributed by atoms with Crippen LogP contribution in [-0.2, 0) is 11.3 Å². The number of benzene rings is 1. The number of nitrogen functional groups attached to an aromatic ring is 1. The fourth-order valence-electron chi connectivity index (χ4n) is 1.78. The first-order valence-corrected chi connectivity index (χ1v) is 6.51. The molecule has 0 spiro atoms. The maximum absolute atomic E-state index is 11.8. The van der Waals surface area contributed by atoms with Crippen LogP contribution in [0.4, 0.5) is 11.6 Å². The van der Waals surface area contributed by atoms with Gasteiger partial charge in [-0.25, -0.2) is 9.67 Å². The lowest BCUT2D eigenvalue weighted by Crippen LogP contribution is -2.19. The molecule has 1 aromatic carbocycles. The van der Waals surface area contributed by atoms with Crippen LogP contribution in [0.2, 0.25) is 0 Å². The van der Waals surface area contributed by atoms with Crippen molar-refractivity contribution in [2.45, 2.75) is 6.54 Å². The summed E-state index contributed by atoms with van der Waals surface area (Å²) in [6, 6.07) is 7.84. The van der Waals surface area contributed by atoms with E-state index in [2.05, 4.69) is 15.4 Å². The Hall–Kier alpha value is -2.41. The van der Waals surface area contributed by atoms with Gasteiger partial charge < -0.3 is 11.1 Å². The highest BCUT2D eigenvalue weighted by Gasteiger charge is 2.06. The van der Waals surface area contributed by atoms with Gasteiger partial charge in [0.25, 0.3) is 0 Å². The topological polar surface area (TPSA) is 85.8 Å². The first-order chi connectivity index (χ1) is 9.20. The van der Waals surface area contributed by atoms with Crippen molar-refractivity contribution in [3.8, 4) is 0 Å². The highest BCUT2D eigenvalue weighted by molar-refractivity contribution is 7.17. The molecule has 0 aliphatic rings. The van der Waals surface area contributed by atoms with Crippen molar-refractivity contribution in [1.82, 2.24) is 14.8 Å². The molecule has 0 atom stereocenters. The fourth-order valence-corrected chi connectivity index (χ4v) is 2.55. The van der Waals surface area contributed by atoms with Crippen molar-refractivity contribution in [2.24, 2.45) is 0 Å². The van der Waals surface area contributed by atoms with E-state index >= 15 is 0 Å². The Morgan fingerprint density at radius 3 is 3.11 bits per heavy atom. The van der Waals surface area contributed by atoms with Gasteiger partial charge in [0.1, 0.15) is 12.9 Å². The van der Waals surface area contributed by atoms with E-state index in [-0.39, 0.29) is 18.4 Å². The second-order valence-corrected chi connectivity index (χ2v) is 4.97. The molecular formula is C12H11N5OS. The number of nitrogens with one attached hydrogen (secondary N) is 1. The molecule has 1 amide bonds. The normalized spacial score (nSPS) is 10.7. The zero-order chi connectivity index (χ0) is 13.2. The van der Waals surface area contributed by atoms with Gasteiger partial charge in [0, 0.05) is 10.4 Å². The Labute approximate surface area is 112 Å². The minimum absolute atomic E-state index is 0.0892. The number of aromatic nitrogens is 3. The standard InChI is InChI=1S/C12H11N5OS/c13-12-14-7-17(16-12)6-11(18)15-9-1-2-10-8(5-9)3-4-19-10/h1-5,7H,6H2,(H2,13,16)(H,15,18). The van der Waals surface area contributed by atoms with Crippen molar-refractivity contribution >= 4 is 39.0 Å². The number of anilines is 2. The molecule has 19 heavy (non-hydrogen) atoms. The second kappa shape index (κ2) is 4.69. The van der Waals surface area contributed by atoms with Crippen LogP contribution < -0.4 is 11.1 Å². The Balaban J connectivity index is 1.71. The van der Waals surface area contributed by atoms with Gasteiger partial charge in [-0.05, 0) is 35.0 Å². The quantitative estimate of drug-likeness (QED) is 0.760. The summed E-state index contributed by atoms with van der Waals surface area (Å²) >= 11 is 1.67. The third kappa shape index (κ3) is 2.55. The number of thiophene rings is 1. The Bertz CT molecular complexity index is 732. The number of fused-ring (bicyclic) bond motifs is 1. The molecule has 0 unspecified atom stereocenters. The van der Waals surface area contributed by atoms with Gasteiger partial charge >= 0.3 is 0 Å². The molecule has 7 heteroatoms. The van der Waals surface area contributed by atoms with Gasteiger partial charge in [0.2, 0.25) is 11.9 Å². The third-order valence-corrected chi connectivity index (χ3v) is 3.49. The summed E-state index contributed by atoms with van der Waals surface area (Å²) in [7, 11) is 0. The lowest BCUT2D eigenvalue weighted by Gasteiger charge is -2.05. The molecule has 0 aliphatic heterocycles. The molecule has 0 fully saturated rings. The summed E-state index contributed by atoms with van der Waals surface area (Å²) in [5, 5.41) is 9.82. The SMILES string of the molecule is Nc1ncn(CC(=O)Nc2ccc3sccc3c2)n1. The number of hydrogen-bond donors (Lipinski definition) is 2. The summed E-state index contributed by atoms with van der Waals surface area (Å²) in [6.45, 7) is 0.0892. The van der Waals surface area contributed by atoms with Crippen LogP contribution in [0, 0.1) is 0 Å². The summed E-state index contributed by atoms with van der Waals surface area (Å²) in [5.74, 6) is -0.00743. The minimum Gasteiger partial charge on any atom is -0.367 e. The van der Waals surface area contributed by atoms with Crippen LogP contribution in [0.25, 0.3) is 10.1 Å². The van der Waals surface area contributed by atoms with Crippen molar-refractivity contribution in [3.05, 3.63) is 36.0 Å². The molecule has 0 bridgehead atoms. The maximum Gasteiger partial charge on any atom is 0.246 e. The van der Waals surface area contributed by atoms with Gasteiger partial charge in [-0.15, -0.1) is 16.4 Å². The van der Waals surface area contributed by atoms with Crippen LogP contribution in [-0.4, -0.2) is 20.7 Å².